The number of carbonyl (C=O) groups excluding carboxylic acids is 2. The Labute approximate surface area is 201 Å². The molecule has 180 valence electrons. The Balaban J connectivity index is 1.42. The number of fused-ring (bicyclic) bond motifs is 2. The van der Waals surface area contributed by atoms with Crippen molar-refractivity contribution in [2.75, 3.05) is 31.2 Å². The smallest absolute Gasteiger partial charge is 0.219 e. The highest BCUT2D eigenvalue weighted by atomic mass is 16.5. The minimum absolute atomic E-state index is 0.120. The van der Waals surface area contributed by atoms with E-state index in [1.807, 2.05) is 4.90 Å². The summed E-state index contributed by atoms with van der Waals surface area (Å²) in [5.41, 5.74) is 7.86. The van der Waals surface area contributed by atoms with Gasteiger partial charge in [0.25, 0.3) is 0 Å². The van der Waals surface area contributed by atoms with Crippen molar-refractivity contribution >= 4 is 23.2 Å². The Bertz CT molecular complexity index is 1140. The van der Waals surface area contributed by atoms with Gasteiger partial charge in [-0.1, -0.05) is 6.07 Å². The Morgan fingerprint density at radius 1 is 1.09 bits per heavy atom. The Kier molecular flexibility index (Phi) is 5.47. The van der Waals surface area contributed by atoms with Gasteiger partial charge in [0.05, 0.1) is 25.8 Å². The largest absolute Gasteiger partial charge is 0.380 e. The summed E-state index contributed by atoms with van der Waals surface area (Å²) < 4.78 is 7.69. The van der Waals surface area contributed by atoms with Crippen molar-refractivity contribution in [2.45, 2.75) is 77.3 Å². The van der Waals surface area contributed by atoms with Crippen LogP contribution in [0.5, 0.6) is 0 Å². The van der Waals surface area contributed by atoms with Gasteiger partial charge >= 0.3 is 0 Å². The predicted octanol–water partition coefficient (Wildman–Crippen LogP) is 3.98. The lowest BCUT2D eigenvalue weighted by Gasteiger charge is -2.35. The zero-order valence-corrected chi connectivity index (χ0v) is 20.3. The van der Waals surface area contributed by atoms with E-state index in [0.717, 1.165) is 64.2 Å². The van der Waals surface area contributed by atoms with Crippen LogP contribution in [0.2, 0.25) is 0 Å². The molecular formula is C27H34N4O3. The number of ketones is 1. The van der Waals surface area contributed by atoms with Gasteiger partial charge in [-0.25, -0.2) is 0 Å². The van der Waals surface area contributed by atoms with Gasteiger partial charge in [-0.05, 0) is 55.4 Å². The van der Waals surface area contributed by atoms with E-state index in [1.54, 1.807) is 6.92 Å². The number of amides is 1. The molecule has 1 amide bonds. The van der Waals surface area contributed by atoms with Crippen molar-refractivity contribution in [3.8, 4) is 0 Å². The van der Waals surface area contributed by atoms with E-state index in [-0.39, 0.29) is 11.9 Å². The van der Waals surface area contributed by atoms with Crippen molar-refractivity contribution in [1.29, 1.82) is 0 Å². The summed E-state index contributed by atoms with van der Waals surface area (Å²) in [4.78, 5) is 28.5. The van der Waals surface area contributed by atoms with E-state index in [2.05, 4.69) is 28.6 Å². The Hall–Kier alpha value is -2.67. The fraction of sp³-hybridized carbons (Fsp3) is 0.593. The molecule has 4 heterocycles. The maximum absolute atomic E-state index is 12.3. The van der Waals surface area contributed by atoms with E-state index < -0.39 is 0 Å². The van der Waals surface area contributed by atoms with Crippen molar-refractivity contribution in [1.82, 2.24) is 14.7 Å². The van der Waals surface area contributed by atoms with E-state index in [1.165, 1.54) is 33.6 Å². The quantitative estimate of drug-likeness (QED) is 0.690. The molecule has 0 atom stereocenters. The normalized spacial score (nSPS) is 21.3. The lowest BCUT2D eigenvalue weighted by atomic mass is 9.88. The Morgan fingerprint density at radius 3 is 2.59 bits per heavy atom. The summed E-state index contributed by atoms with van der Waals surface area (Å²) >= 11 is 0. The highest BCUT2D eigenvalue weighted by molar-refractivity contribution is 5.79. The summed E-state index contributed by atoms with van der Waals surface area (Å²) in [6, 6.07) is 5.02. The molecule has 6 rings (SSSR count). The molecule has 0 spiro atoms. The minimum Gasteiger partial charge on any atom is -0.380 e. The molecule has 0 unspecified atom stereocenters. The first-order valence-corrected chi connectivity index (χ1v) is 12.9. The molecule has 34 heavy (non-hydrogen) atoms. The zero-order chi connectivity index (χ0) is 23.4. The van der Waals surface area contributed by atoms with Crippen LogP contribution in [-0.4, -0.2) is 52.7 Å². The van der Waals surface area contributed by atoms with Crippen LogP contribution in [0, 0.1) is 6.92 Å². The second kappa shape index (κ2) is 8.52. The highest BCUT2D eigenvalue weighted by Crippen LogP contribution is 2.42. The van der Waals surface area contributed by atoms with Gasteiger partial charge < -0.3 is 14.5 Å². The van der Waals surface area contributed by atoms with Gasteiger partial charge in [-0.2, -0.15) is 5.10 Å². The molecule has 0 radical (unpaired) electrons. The molecule has 1 aromatic carbocycles. The molecule has 7 nitrogen and oxygen atoms in total. The number of benzene rings is 1. The summed E-state index contributed by atoms with van der Waals surface area (Å²) in [6.45, 7) is 7.82. The number of anilines is 2. The third-order valence-corrected chi connectivity index (χ3v) is 8.29. The average Bonchev–Trinajstić information content (AvgIpc) is 3.17. The number of ether oxygens (including phenoxy) is 1. The summed E-state index contributed by atoms with van der Waals surface area (Å²) in [6.07, 6.45) is 6.02. The van der Waals surface area contributed by atoms with Crippen LogP contribution >= 0.6 is 0 Å². The van der Waals surface area contributed by atoms with Gasteiger partial charge in [0.2, 0.25) is 5.91 Å². The van der Waals surface area contributed by atoms with Crippen molar-refractivity contribution in [2.24, 2.45) is 0 Å². The molecule has 7 heteroatoms. The third kappa shape index (κ3) is 3.65. The van der Waals surface area contributed by atoms with Gasteiger partial charge in [0, 0.05) is 62.1 Å². The van der Waals surface area contributed by atoms with Crippen LogP contribution in [0.25, 0.3) is 0 Å². The standard InChI is InChI=1S/C27H34N4O3/c1-17-12-26-19(13-23(17)20-15-34-16-20)4-3-10-30(26)27-24-14-29(18(2)32)11-9-25(24)31(28-27)21-5-7-22(33)8-6-21/h12-13,20-21H,3-11,14-16H2,1-2H3. The van der Waals surface area contributed by atoms with E-state index in [0.29, 0.717) is 31.1 Å². The van der Waals surface area contributed by atoms with Gasteiger partial charge in [-0.3, -0.25) is 14.3 Å². The van der Waals surface area contributed by atoms with E-state index >= 15 is 0 Å². The molecule has 1 aromatic heterocycles. The lowest BCUT2D eigenvalue weighted by Crippen LogP contribution is -2.36. The molecule has 1 aliphatic carbocycles. The minimum atomic E-state index is 0.120. The molecule has 1 saturated carbocycles. The molecular weight excluding hydrogens is 428 g/mol. The molecule has 1 saturated heterocycles. The van der Waals surface area contributed by atoms with Crippen molar-refractivity contribution in [3.63, 3.8) is 0 Å². The number of carbonyl (C=O) groups is 2. The number of aryl methyl sites for hydroxylation is 2. The SMILES string of the molecule is CC(=O)N1CCc2c(c(N3CCCc4cc(C5COC5)c(C)cc43)nn2C2CCC(=O)CC2)C1. The zero-order valence-electron chi connectivity index (χ0n) is 20.3. The fourth-order valence-electron chi connectivity index (χ4n) is 6.22. The maximum Gasteiger partial charge on any atom is 0.219 e. The molecule has 2 aromatic rings. The second-order valence-corrected chi connectivity index (χ2v) is 10.5. The summed E-state index contributed by atoms with van der Waals surface area (Å²) in [5.74, 6) is 2.02. The summed E-state index contributed by atoms with van der Waals surface area (Å²) in [5, 5.41) is 5.24. The maximum atomic E-state index is 12.3. The topological polar surface area (TPSA) is 67.7 Å². The highest BCUT2D eigenvalue weighted by Gasteiger charge is 2.34. The number of hydrogen-bond donors (Lipinski definition) is 0. The van der Waals surface area contributed by atoms with Crippen LogP contribution in [-0.2, 0) is 33.7 Å². The average molecular weight is 463 g/mol. The van der Waals surface area contributed by atoms with Gasteiger partial charge in [0.15, 0.2) is 5.82 Å². The Morgan fingerprint density at radius 2 is 1.88 bits per heavy atom. The van der Waals surface area contributed by atoms with E-state index in [4.69, 9.17) is 9.84 Å². The summed E-state index contributed by atoms with van der Waals surface area (Å²) in [7, 11) is 0. The van der Waals surface area contributed by atoms with E-state index in [9.17, 15) is 9.59 Å². The third-order valence-electron chi connectivity index (χ3n) is 8.29. The van der Waals surface area contributed by atoms with Crippen LogP contribution in [0.3, 0.4) is 0 Å². The van der Waals surface area contributed by atoms with Gasteiger partial charge in [0.1, 0.15) is 5.78 Å². The monoisotopic (exact) mass is 462 g/mol. The molecule has 0 N–H and O–H groups in total. The second-order valence-electron chi connectivity index (χ2n) is 10.5. The fourth-order valence-corrected chi connectivity index (χ4v) is 6.22. The number of rotatable bonds is 3. The molecule has 0 bridgehead atoms. The first kappa shape index (κ1) is 21.8. The first-order valence-electron chi connectivity index (χ1n) is 12.9. The first-order chi connectivity index (χ1) is 16.5. The lowest BCUT2D eigenvalue weighted by molar-refractivity contribution is -0.129. The molecule has 3 aliphatic heterocycles. The van der Waals surface area contributed by atoms with Crippen LogP contribution in [0.15, 0.2) is 12.1 Å². The number of Topliss-reactive ketones (excluding diaryl/α,β-unsaturated/α-hetero) is 1. The van der Waals surface area contributed by atoms with Crippen molar-refractivity contribution in [3.05, 3.63) is 40.1 Å². The predicted molar refractivity (Wildman–Crippen MR) is 130 cm³/mol. The number of aromatic nitrogens is 2. The van der Waals surface area contributed by atoms with Crippen LogP contribution in [0.4, 0.5) is 11.5 Å². The molecule has 2 fully saturated rings. The number of hydrogen-bond acceptors (Lipinski definition) is 5. The van der Waals surface area contributed by atoms with Crippen LogP contribution < -0.4 is 4.90 Å². The van der Waals surface area contributed by atoms with Crippen LogP contribution in [0.1, 0.15) is 78.9 Å². The number of nitrogens with zero attached hydrogens (tertiary/aromatic N) is 4. The van der Waals surface area contributed by atoms with Gasteiger partial charge in [-0.15, -0.1) is 0 Å². The molecule has 4 aliphatic rings. The van der Waals surface area contributed by atoms with Crippen molar-refractivity contribution < 1.29 is 14.3 Å².